The number of carbonyl (C=O) groups excluding carboxylic acids is 3. The van der Waals surface area contributed by atoms with Gasteiger partial charge in [0.05, 0.1) is 42.6 Å². The second kappa shape index (κ2) is 9.42. The first-order valence-electron chi connectivity index (χ1n) is 12.0. The number of aliphatic hydroxyl groups excluding tert-OH is 2. The average molecular weight is 529 g/mol. The minimum Gasteiger partial charge on any atom is -0.507 e. The lowest BCUT2D eigenvalue weighted by Gasteiger charge is -2.41. The molecule has 2 aliphatic carbocycles. The van der Waals surface area contributed by atoms with E-state index in [-0.39, 0.29) is 41.0 Å². The summed E-state index contributed by atoms with van der Waals surface area (Å²) >= 11 is 0. The third kappa shape index (κ3) is 3.88. The molecular formula is C26H27NO11. The number of carbonyl (C=O) groups is 3. The highest BCUT2D eigenvalue weighted by molar-refractivity contribution is 6.31. The fourth-order valence-corrected chi connectivity index (χ4v) is 5.45. The quantitative estimate of drug-likeness (QED) is 0.234. The highest BCUT2D eigenvalue weighted by Crippen LogP contribution is 2.52. The van der Waals surface area contributed by atoms with Crippen molar-refractivity contribution in [2.75, 3.05) is 20.3 Å². The van der Waals surface area contributed by atoms with Gasteiger partial charge in [0.15, 0.2) is 17.9 Å². The lowest BCUT2D eigenvalue weighted by atomic mass is 9.72. The third-order valence-electron chi connectivity index (χ3n) is 7.47. The van der Waals surface area contributed by atoms with Crippen molar-refractivity contribution in [3.63, 3.8) is 0 Å². The molecular weight excluding hydrogens is 502 g/mol. The van der Waals surface area contributed by atoms with Gasteiger partial charge in [-0.15, -0.1) is 0 Å². The number of hydrogen-bond donors (Lipinski definition) is 6. The van der Waals surface area contributed by atoms with Crippen LogP contribution in [0.5, 0.6) is 17.2 Å². The van der Waals surface area contributed by atoms with Gasteiger partial charge < -0.3 is 45.5 Å². The fourth-order valence-electron chi connectivity index (χ4n) is 5.45. The molecule has 202 valence electrons. The van der Waals surface area contributed by atoms with Gasteiger partial charge in [0.1, 0.15) is 29.5 Å². The molecule has 1 heterocycles. The molecule has 7 N–H and O–H groups in total. The second-order valence-corrected chi connectivity index (χ2v) is 9.73. The number of hydrogen-bond acceptors (Lipinski definition) is 12. The van der Waals surface area contributed by atoms with Crippen LogP contribution < -0.4 is 10.5 Å². The maximum atomic E-state index is 13.6. The molecule has 5 rings (SSSR count). The van der Waals surface area contributed by atoms with Crippen molar-refractivity contribution in [3.05, 3.63) is 51.6 Å². The molecule has 0 saturated carbocycles. The van der Waals surface area contributed by atoms with E-state index < -0.39 is 89.6 Å². The van der Waals surface area contributed by atoms with Gasteiger partial charge in [0.25, 0.3) is 0 Å². The van der Waals surface area contributed by atoms with Gasteiger partial charge in [-0.2, -0.15) is 0 Å². The zero-order valence-electron chi connectivity index (χ0n) is 20.3. The summed E-state index contributed by atoms with van der Waals surface area (Å²) in [5.74, 6) is -3.77. The van der Waals surface area contributed by atoms with Crippen molar-refractivity contribution in [2.24, 2.45) is 5.73 Å². The van der Waals surface area contributed by atoms with E-state index in [4.69, 9.17) is 19.9 Å². The second-order valence-electron chi connectivity index (χ2n) is 9.73. The van der Waals surface area contributed by atoms with E-state index in [2.05, 4.69) is 0 Å². The molecule has 1 fully saturated rings. The summed E-state index contributed by atoms with van der Waals surface area (Å²) in [4.78, 5) is 39.6. The molecule has 0 amide bonds. The molecule has 12 nitrogen and oxygen atoms in total. The number of Topliss-reactive ketones (excluding diaryl/α,β-unsaturated/α-hetero) is 1. The normalized spacial score (nSPS) is 28.3. The summed E-state index contributed by atoms with van der Waals surface area (Å²) in [6, 6.07) is 3.66. The summed E-state index contributed by atoms with van der Waals surface area (Å²) in [6.45, 7) is -1.17. The van der Waals surface area contributed by atoms with Crippen LogP contribution in [0.3, 0.4) is 0 Å². The number of nitrogens with two attached hydrogens (primary N) is 1. The summed E-state index contributed by atoms with van der Waals surface area (Å²) in [6.07, 6.45) is -4.31. The Morgan fingerprint density at radius 1 is 1.16 bits per heavy atom. The average Bonchev–Trinajstić information content (AvgIpc) is 2.90. The van der Waals surface area contributed by atoms with E-state index in [1.165, 1.54) is 25.3 Å². The maximum absolute atomic E-state index is 13.6. The van der Waals surface area contributed by atoms with Crippen LogP contribution in [0, 0.1) is 0 Å². The van der Waals surface area contributed by atoms with E-state index in [1.54, 1.807) is 0 Å². The predicted octanol–water partition coefficient (Wildman–Crippen LogP) is -0.387. The minimum atomic E-state index is -2.23. The zero-order chi connectivity index (χ0) is 27.5. The molecule has 0 bridgehead atoms. The van der Waals surface area contributed by atoms with Crippen LogP contribution in [0.1, 0.15) is 61.9 Å². The molecule has 12 heteroatoms. The summed E-state index contributed by atoms with van der Waals surface area (Å²) < 4.78 is 16.7. The van der Waals surface area contributed by atoms with Gasteiger partial charge in [-0.1, -0.05) is 12.1 Å². The Hall–Kier alpha value is -3.39. The lowest BCUT2D eigenvalue weighted by Crippen LogP contribution is -2.50. The first-order chi connectivity index (χ1) is 18.0. The third-order valence-corrected chi connectivity index (χ3v) is 7.47. The Bertz CT molecular complexity index is 1360. The molecule has 0 radical (unpaired) electrons. The van der Waals surface area contributed by atoms with E-state index in [0.29, 0.717) is 0 Å². The molecule has 3 aliphatic rings. The molecule has 2 aromatic rings. The van der Waals surface area contributed by atoms with Crippen molar-refractivity contribution >= 4 is 17.3 Å². The van der Waals surface area contributed by atoms with Crippen LogP contribution >= 0.6 is 0 Å². The summed E-state index contributed by atoms with van der Waals surface area (Å²) in [7, 11) is 1.32. The first-order valence-corrected chi connectivity index (χ1v) is 12.0. The highest BCUT2D eigenvalue weighted by atomic mass is 16.7. The largest absolute Gasteiger partial charge is 0.507 e. The van der Waals surface area contributed by atoms with Gasteiger partial charge in [0.2, 0.25) is 5.78 Å². The van der Waals surface area contributed by atoms with Crippen LogP contribution in [-0.2, 0) is 20.7 Å². The molecule has 1 aliphatic heterocycles. The van der Waals surface area contributed by atoms with Gasteiger partial charge in [0, 0.05) is 42.0 Å². The number of phenolic OH excluding ortho intramolecular Hbond substituents is 2. The number of aliphatic hydroxyl groups is 3. The monoisotopic (exact) mass is 529 g/mol. The molecule has 38 heavy (non-hydrogen) atoms. The standard InChI is InChI=1S/C26H27NO11/c1-36-14-4-2-3-10-18(14)24(33)21-20(22(10)31)23(32)11-6-26(35,16(30)8-28)7-15(19(11)25(21)34)38-17-5-12(27)13(29)9-37-17/h2-4,12-13,15,17,28-29,32,34-35H,5-9,27H2,1H3/t12-,13-,15-,17?,26-/m0/s1. The van der Waals surface area contributed by atoms with Crippen LogP contribution in [0.2, 0.25) is 0 Å². The molecule has 1 unspecified atom stereocenters. The molecule has 5 atom stereocenters. The smallest absolute Gasteiger partial charge is 0.202 e. The van der Waals surface area contributed by atoms with E-state index in [1.807, 2.05) is 0 Å². The Morgan fingerprint density at radius 2 is 1.87 bits per heavy atom. The van der Waals surface area contributed by atoms with Crippen molar-refractivity contribution < 1.29 is 54.1 Å². The Labute approximate surface area is 216 Å². The molecule has 0 spiro atoms. The molecule has 0 aromatic heterocycles. The van der Waals surface area contributed by atoms with Gasteiger partial charge in [-0.3, -0.25) is 14.4 Å². The predicted molar refractivity (Wildman–Crippen MR) is 127 cm³/mol. The summed E-state index contributed by atoms with van der Waals surface area (Å²) in [5, 5.41) is 53.2. The number of methoxy groups -OCH3 is 1. The highest BCUT2D eigenvalue weighted by Gasteiger charge is 2.49. The lowest BCUT2D eigenvalue weighted by molar-refractivity contribution is -0.223. The SMILES string of the molecule is COc1cccc2c1C(=O)c1c(O)c3c(c(O)c1C2=O)C[C@@](O)(C(=O)CO)C[C@@H]3OC1C[C@H](N)[C@@H](O)CO1. The topological polar surface area (TPSA) is 206 Å². The Kier molecular flexibility index (Phi) is 6.50. The van der Waals surface area contributed by atoms with Crippen molar-refractivity contribution in [3.8, 4) is 17.2 Å². The number of fused-ring (bicyclic) bond motifs is 3. The first kappa shape index (κ1) is 26.2. The zero-order valence-corrected chi connectivity index (χ0v) is 20.3. The number of ether oxygens (including phenoxy) is 3. The van der Waals surface area contributed by atoms with E-state index in [9.17, 15) is 39.9 Å². The van der Waals surface area contributed by atoms with Crippen molar-refractivity contribution in [1.82, 2.24) is 0 Å². The number of rotatable bonds is 5. The van der Waals surface area contributed by atoms with Crippen LogP contribution in [0.4, 0.5) is 0 Å². The Morgan fingerprint density at radius 3 is 2.53 bits per heavy atom. The van der Waals surface area contributed by atoms with Gasteiger partial charge in [-0.25, -0.2) is 0 Å². The van der Waals surface area contributed by atoms with Gasteiger partial charge >= 0.3 is 0 Å². The molecule has 1 saturated heterocycles. The number of benzene rings is 2. The van der Waals surface area contributed by atoms with Crippen LogP contribution in [0.25, 0.3) is 0 Å². The van der Waals surface area contributed by atoms with Crippen LogP contribution in [0.15, 0.2) is 18.2 Å². The maximum Gasteiger partial charge on any atom is 0.202 e. The minimum absolute atomic E-state index is 0.0268. The Balaban J connectivity index is 1.69. The van der Waals surface area contributed by atoms with Gasteiger partial charge in [-0.05, 0) is 6.07 Å². The summed E-state index contributed by atoms with van der Waals surface area (Å²) in [5.41, 5.74) is 2.30. The van der Waals surface area contributed by atoms with Crippen molar-refractivity contribution in [1.29, 1.82) is 0 Å². The number of phenols is 2. The van der Waals surface area contributed by atoms with E-state index >= 15 is 0 Å². The van der Waals surface area contributed by atoms with E-state index in [0.717, 1.165) is 0 Å². The van der Waals surface area contributed by atoms with Crippen molar-refractivity contribution in [2.45, 2.75) is 49.4 Å². The number of aromatic hydroxyl groups is 2. The molecule has 2 aromatic carbocycles. The van der Waals surface area contributed by atoms with Crippen LogP contribution in [-0.4, -0.2) is 87.2 Å². The fraction of sp³-hybridized carbons (Fsp3) is 0.423. The number of ketones is 3.